The van der Waals surface area contributed by atoms with E-state index in [9.17, 15) is 9.00 Å². The number of carbonyl (C=O) groups is 1. The zero-order valence-corrected chi connectivity index (χ0v) is 18.4. The molecule has 0 N–H and O–H groups in total. The van der Waals surface area contributed by atoms with Crippen LogP contribution in [0.4, 0.5) is 0 Å². The van der Waals surface area contributed by atoms with Crippen molar-refractivity contribution in [2.45, 2.75) is 37.5 Å². The van der Waals surface area contributed by atoms with Gasteiger partial charge in [-0.3, -0.25) is 4.79 Å². The van der Waals surface area contributed by atoms with E-state index < -0.39 is 16.8 Å². The van der Waals surface area contributed by atoms with Crippen LogP contribution in [-0.4, -0.2) is 10.2 Å². The Morgan fingerprint density at radius 1 is 0.933 bits per heavy atom. The van der Waals surface area contributed by atoms with Crippen molar-refractivity contribution in [1.82, 2.24) is 0 Å². The normalized spacial score (nSPS) is 12.2. The molecule has 3 aromatic rings. The SMILES string of the molecule is C=C(CC(=O)Oc1ccc(C(C)(C)C)cc1-c1ccccc1)S(=O)c1ccccc1. The van der Waals surface area contributed by atoms with Crippen LogP contribution < -0.4 is 4.74 Å². The number of hydrogen-bond acceptors (Lipinski definition) is 3. The summed E-state index contributed by atoms with van der Waals surface area (Å²) < 4.78 is 18.3. The highest BCUT2D eigenvalue weighted by atomic mass is 32.2. The van der Waals surface area contributed by atoms with E-state index in [2.05, 4.69) is 33.4 Å². The Labute approximate surface area is 180 Å². The molecule has 0 heterocycles. The maximum absolute atomic E-state index is 12.6. The fourth-order valence-corrected chi connectivity index (χ4v) is 4.01. The number of benzene rings is 3. The maximum Gasteiger partial charge on any atom is 0.316 e. The lowest BCUT2D eigenvalue weighted by molar-refractivity contribution is -0.133. The summed E-state index contributed by atoms with van der Waals surface area (Å²) in [6, 6.07) is 24.7. The second-order valence-corrected chi connectivity index (χ2v) is 9.68. The molecule has 0 aromatic heterocycles. The van der Waals surface area contributed by atoms with Crippen molar-refractivity contribution in [1.29, 1.82) is 0 Å². The monoisotopic (exact) mass is 418 g/mol. The number of rotatable bonds is 6. The van der Waals surface area contributed by atoms with Gasteiger partial charge in [0.2, 0.25) is 0 Å². The first-order chi connectivity index (χ1) is 14.3. The van der Waals surface area contributed by atoms with Gasteiger partial charge >= 0.3 is 5.97 Å². The van der Waals surface area contributed by atoms with E-state index in [0.717, 1.165) is 16.7 Å². The van der Waals surface area contributed by atoms with Gasteiger partial charge in [-0.2, -0.15) is 0 Å². The quantitative estimate of drug-likeness (QED) is 0.350. The van der Waals surface area contributed by atoms with Crippen LogP contribution in [0.5, 0.6) is 5.75 Å². The van der Waals surface area contributed by atoms with Gasteiger partial charge in [-0.1, -0.05) is 81.9 Å². The Kier molecular flexibility index (Phi) is 6.68. The third-order valence-electron chi connectivity index (χ3n) is 4.72. The molecule has 0 aliphatic heterocycles. The van der Waals surface area contributed by atoms with E-state index in [1.807, 2.05) is 60.7 Å². The molecule has 0 saturated carbocycles. The highest BCUT2D eigenvalue weighted by Gasteiger charge is 2.19. The lowest BCUT2D eigenvalue weighted by atomic mass is 9.85. The molecule has 154 valence electrons. The summed E-state index contributed by atoms with van der Waals surface area (Å²) in [6.07, 6.45) is -0.114. The Morgan fingerprint density at radius 2 is 1.53 bits per heavy atom. The van der Waals surface area contributed by atoms with Gasteiger partial charge in [0.05, 0.1) is 17.2 Å². The largest absolute Gasteiger partial charge is 0.426 e. The van der Waals surface area contributed by atoms with Crippen LogP contribution in [0.15, 0.2) is 95.2 Å². The number of ether oxygens (including phenoxy) is 1. The third kappa shape index (κ3) is 5.33. The zero-order chi connectivity index (χ0) is 21.7. The third-order valence-corrected chi connectivity index (χ3v) is 6.08. The summed E-state index contributed by atoms with van der Waals surface area (Å²) in [4.78, 5) is 13.5. The molecule has 0 bridgehead atoms. The van der Waals surface area contributed by atoms with Gasteiger partial charge in [0.15, 0.2) is 0 Å². The molecule has 0 saturated heterocycles. The minimum atomic E-state index is -1.46. The average molecular weight is 419 g/mol. The fourth-order valence-electron chi connectivity index (χ4n) is 3.02. The molecule has 0 aliphatic carbocycles. The second-order valence-electron chi connectivity index (χ2n) is 8.10. The van der Waals surface area contributed by atoms with Crippen LogP contribution in [0, 0.1) is 0 Å². The van der Waals surface area contributed by atoms with E-state index in [0.29, 0.717) is 15.6 Å². The standard InChI is InChI=1S/C26H26O3S/c1-19(30(28)22-13-9-6-10-14-22)17-25(27)29-24-16-15-21(26(2,3)4)18-23(24)20-11-7-5-8-12-20/h5-16,18H,1,17H2,2-4H3. The predicted octanol–water partition coefficient (Wildman–Crippen LogP) is 6.27. The van der Waals surface area contributed by atoms with Crippen LogP contribution in [0.1, 0.15) is 32.8 Å². The summed E-state index contributed by atoms with van der Waals surface area (Å²) in [7, 11) is -1.46. The smallest absolute Gasteiger partial charge is 0.316 e. The summed E-state index contributed by atoms with van der Waals surface area (Å²) in [5.41, 5.74) is 2.94. The van der Waals surface area contributed by atoms with Gasteiger partial charge < -0.3 is 4.74 Å². The van der Waals surface area contributed by atoms with Crippen molar-refractivity contribution in [3.8, 4) is 16.9 Å². The molecule has 30 heavy (non-hydrogen) atoms. The van der Waals surface area contributed by atoms with Crippen molar-refractivity contribution in [2.24, 2.45) is 0 Å². The van der Waals surface area contributed by atoms with Crippen molar-refractivity contribution in [3.05, 3.63) is 95.9 Å². The minimum Gasteiger partial charge on any atom is -0.426 e. The van der Waals surface area contributed by atoms with Gasteiger partial charge in [-0.15, -0.1) is 0 Å². The molecule has 0 amide bonds. The molecular weight excluding hydrogens is 392 g/mol. The Bertz CT molecular complexity index is 1060. The van der Waals surface area contributed by atoms with Crippen molar-refractivity contribution < 1.29 is 13.7 Å². The molecule has 1 unspecified atom stereocenters. The first-order valence-corrected chi connectivity index (χ1v) is 11.0. The van der Waals surface area contributed by atoms with Crippen molar-refractivity contribution in [2.75, 3.05) is 0 Å². The molecular formula is C26H26O3S. The Hall–Kier alpha value is -2.98. The molecule has 4 heteroatoms. The highest BCUT2D eigenvalue weighted by molar-refractivity contribution is 7.89. The van der Waals surface area contributed by atoms with Gasteiger partial charge in [-0.05, 0) is 40.8 Å². The first-order valence-electron chi connectivity index (χ1n) is 9.81. The van der Waals surface area contributed by atoms with E-state index in [-0.39, 0.29) is 11.8 Å². The van der Waals surface area contributed by atoms with Crippen molar-refractivity contribution in [3.63, 3.8) is 0 Å². The molecule has 3 nitrogen and oxygen atoms in total. The van der Waals surface area contributed by atoms with Gasteiger partial charge in [-0.25, -0.2) is 4.21 Å². The topological polar surface area (TPSA) is 43.4 Å². The van der Waals surface area contributed by atoms with E-state index in [1.165, 1.54) is 0 Å². The lowest BCUT2D eigenvalue weighted by Gasteiger charge is -2.21. The molecule has 3 aromatic carbocycles. The lowest BCUT2D eigenvalue weighted by Crippen LogP contribution is -2.13. The van der Waals surface area contributed by atoms with E-state index in [4.69, 9.17) is 4.74 Å². The van der Waals surface area contributed by atoms with Crippen LogP contribution in [0.2, 0.25) is 0 Å². The van der Waals surface area contributed by atoms with E-state index >= 15 is 0 Å². The highest BCUT2D eigenvalue weighted by Crippen LogP contribution is 2.35. The number of esters is 1. The van der Waals surface area contributed by atoms with E-state index in [1.54, 1.807) is 12.1 Å². The summed E-state index contributed by atoms with van der Waals surface area (Å²) in [5, 5.41) is 0. The molecule has 0 spiro atoms. The second kappa shape index (κ2) is 9.23. The number of carbonyl (C=O) groups excluding carboxylic acids is 1. The van der Waals surface area contributed by atoms with Gasteiger partial charge in [0, 0.05) is 15.4 Å². The summed E-state index contributed by atoms with van der Waals surface area (Å²) >= 11 is 0. The van der Waals surface area contributed by atoms with Gasteiger partial charge in [0.1, 0.15) is 5.75 Å². The molecule has 3 rings (SSSR count). The molecule has 0 fully saturated rings. The maximum atomic E-state index is 12.6. The van der Waals surface area contributed by atoms with Crippen LogP contribution >= 0.6 is 0 Å². The fraction of sp³-hybridized carbons (Fsp3) is 0.192. The van der Waals surface area contributed by atoms with Crippen LogP contribution in [-0.2, 0) is 21.0 Å². The summed E-state index contributed by atoms with van der Waals surface area (Å²) in [6.45, 7) is 10.3. The van der Waals surface area contributed by atoms with Crippen molar-refractivity contribution >= 4 is 16.8 Å². The summed E-state index contributed by atoms with van der Waals surface area (Å²) in [5.74, 6) is 0.00228. The van der Waals surface area contributed by atoms with Gasteiger partial charge in [0.25, 0.3) is 0 Å². The zero-order valence-electron chi connectivity index (χ0n) is 17.6. The number of hydrogen-bond donors (Lipinski definition) is 0. The molecule has 0 aliphatic rings. The molecule has 0 radical (unpaired) electrons. The van der Waals surface area contributed by atoms with Crippen LogP contribution in [0.3, 0.4) is 0 Å². The minimum absolute atomic E-state index is 0.0348. The predicted molar refractivity (Wildman–Crippen MR) is 123 cm³/mol. The Morgan fingerprint density at radius 3 is 2.13 bits per heavy atom. The van der Waals surface area contributed by atoms with Crippen LogP contribution in [0.25, 0.3) is 11.1 Å². The molecule has 1 atom stereocenters. The Balaban J connectivity index is 1.82. The first kappa shape index (κ1) is 21.7. The average Bonchev–Trinajstić information content (AvgIpc) is 2.73.